The highest BCUT2D eigenvalue weighted by Crippen LogP contribution is 2.02. The lowest BCUT2D eigenvalue weighted by atomic mass is 10.4. The second-order valence-electron chi connectivity index (χ2n) is 3.57. The van der Waals surface area contributed by atoms with E-state index in [9.17, 15) is 9.59 Å². The molecule has 0 spiro atoms. The van der Waals surface area contributed by atoms with Crippen LogP contribution in [0.25, 0.3) is 0 Å². The van der Waals surface area contributed by atoms with Crippen LogP contribution in [0.3, 0.4) is 0 Å². The van der Waals surface area contributed by atoms with E-state index in [0.717, 1.165) is 0 Å². The van der Waals surface area contributed by atoms with Crippen LogP contribution in [0, 0.1) is 6.92 Å². The Balaban J connectivity index is 1.97. The summed E-state index contributed by atoms with van der Waals surface area (Å²) in [6.45, 7) is 1.80. The number of aromatic nitrogens is 3. The smallest absolute Gasteiger partial charge is 0.268 e. The molecule has 18 heavy (non-hydrogen) atoms. The summed E-state index contributed by atoms with van der Waals surface area (Å²) < 4.78 is 4.83. The Morgan fingerprint density at radius 1 is 1.44 bits per heavy atom. The first kappa shape index (κ1) is 11.8. The van der Waals surface area contributed by atoms with Crippen molar-refractivity contribution in [3.05, 3.63) is 35.2 Å². The van der Waals surface area contributed by atoms with Crippen molar-refractivity contribution in [3.63, 3.8) is 0 Å². The van der Waals surface area contributed by atoms with E-state index in [-0.39, 0.29) is 17.9 Å². The number of hydrogen-bond acceptors (Lipinski definition) is 5. The van der Waals surface area contributed by atoms with E-state index < -0.39 is 11.8 Å². The molecule has 0 aromatic carbocycles. The predicted octanol–water partition coefficient (Wildman–Crippen LogP) is -0.265. The van der Waals surface area contributed by atoms with Crippen LogP contribution in [-0.4, -0.2) is 26.9 Å². The summed E-state index contributed by atoms with van der Waals surface area (Å²) in [6.07, 6.45) is 0. The third-order valence-corrected chi connectivity index (χ3v) is 2.17. The van der Waals surface area contributed by atoms with Crippen LogP contribution >= 0.6 is 0 Å². The van der Waals surface area contributed by atoms with E-state index in [1.165, 1.54) is 12.1 Å². The number of carbonyl (C=O) groups excluding carboxylic acids is 2. The van der Waals surface area contributed by atoms with Crippen molar-refractivity contribution in [2.75, 3.05) is 0 Å². The van der Waals surface area contributed by atoms with Crippen LogP contribution in [0.2, 0.25) is 0 Å². The van der Waals surface area contributed by atoms with Crippen molar-refractivity contribution in [2.24, 2.45) is 5.73 Å². The average Bonchev–Trinajstić information content (AvgIpc) is 2.94. The second-order valence-corrected chi connectivity index (χ2v) is 3.57. The Morgan fingerprint density at radius 2 is 2.17 bits per heavy atom. The number of nitrogens with two attached hydrogens (primary N) is 1. The normalized spacial score (nSPS) is 10.3. The van der Waals surface area contributed by atoms with Gasteiger partial charge in [0.15, 0.2) is 5.82 Å². The van der Waals surface area contributed by atoms with Crippen LogP contribution in [0.1, 0.15) is 32.7 Å². The number of nitrogens with one attached hydrogen (secondary N) is 2. The number of rotatable bonds is 4. The zero-order valence-electron chi connectivity index (χ0n) is 9.56. The molecule has 8 nitrogen and oxygen atoms in total. The Bertz CT molecular complexity index is 586. The standard InChI is InChI=1S/C10H11N5O3/c1-5-13-8(18-15-5)4-12-10(17)7-3-2-6(14-7)9(11)16/h2-3,14H,4H2,1H3,(H2,11,16)(H,12,17). The fourth-order valence-corrected chi connectivity index (χ4v) is 1.33. The summed E-state index contributed by atoms with van der Waals surface area (Å²) in [7, 11) is 0. The van der Waals surface area contributed by atoms with Gasteiger partial charge in [-0.3, -0.25) is 9.59 Å². The number of nitrogens with zero attached hydrogens (tertiary/aromatic N) is 2. The first-order valence-corrected chi connectivity index (χ1v) is 5.12. The molecule has 2 amide bonds. The lowest BCUT2D eigenvalue weighted by Crippen LogP contribution is -2.23. The van der Waals surface area contributed by atoms with Gasteiger partial charge >= 0.3 is 0 Å². The zero-order chi connectivity index (χ0) is 13.1. The fraction of sp³-hybridized carbons (Fsp3) is 0.200. The summed E-state index contributed by atoms with van der Waals surface area (Å²) in [4.78, 5) is 29.1. The van der Waals surface area contributed by atoms with Gasteiger partial charge in [-0.1, -0.05) is 5.16 Å². The van der Waals surface area contributed by atoms with E-state index in [1.54, 1.807) is 6.92 Å². The summed E-state index contributed by atoms with van der Waals surface area (Å²) >= 11 is 0. The maximum atomic E-state index is 11.7. The first-order chi connectivity index (χ1) is 8.56. The van der Waals surface area contributed by atoms with Crippen LogP contribution in [0.5, 0.6) is 0 Å². The van der Waals surface area contributed by atoms with Gasteiger partial charge in [0.25, 0.3) is 11.8 Å². The molecule has 0 saturated heterocycles. The number of primary amides is 1. The third-order valence-electron chi connectivity index (χ3n) is 2.17. The molecular weight excluding hydrogens is 238 g/mol. The number of hydrogen-bond donors (Lipinski definition) is 3. The molecule has 0 aliphatic rings. The minimum absolute atomic E-state index is 0.116. The topological polar surface area (TPSA) is 127 Å². The highest BCUT2D eigenvalue weighted by molar-refractivity contribution is 5.96. The molecule has 4 N–H and O–H groups in total. The molecule has 2 heterocycles. The molecule has 94 valence electrons. The van der Waals surface area contributed by atoms with E-state index in [2.05, 4.69) is 20.4 Å². The third kappa shape index (κ3) is 2.54. The maximum Gasteiger partial charge on any atom is 0.268 e. The molecule has 0 radical (unpaired) electrons. The highest BCUT2D eigenvalue weighted by Gasteiger charge is 2.11. The quantitative estimate of drug-likeness (QED) is 0.687. The van der Waals surface area contributed by atoms with Crippen LogP contribution in [-0.2, 0) is 6.54 Å². The number of H-pyrrole nitrogens is 1. The number of aromatic amines is 1. The monoisotopic (exact) mass is 249 g/mol. The number of aryl methyl sites for hydroxylation is 1. The van der Waals surface area contributed by atoms with Gasteiger partial charge in [-0.2, -0.15) is 4.98 Å². The molecule has 8 heteroatoms. The van der Waals surface area contributed by atoms with Crippen molar-refractivity contribution < 1.29 is 14.1 Å². The van der Waals surface area contributed by atoms with Gasteiger partial charge in [-0.25, -0.2) is 0 Å². The lowest BCUT2D eigenvalue weighted by Gasteiger charge is -1.99. The van der Waals surface area contributed by atoms with Crippen molar-refractivity contribution >= 4 is 11.8 Å². The Morgan fingerprint density at radius 3 is 2.72 bits per heavy atom. The Labute approximate surface area is 102 Å². The predicted molar refractivity (Wildman–Crippen MR) is 59.5 cm³/mol. The highest BCUT2D eigenvalue weighted by atomic mass is 16.5. The second kappa shape index (κ2) is 4.70. The van der Waals surface area contributed by atoms with Crippen molar-refractivity contribution in [2.45, 2.75) is 13.5 Å². The van der Waals surface area contributed by atoms with Gasteiger partial charge in [-0.15, -0.1) is 0 Å². The molecule has 0 fully saturated rings. The molecule has 0 aliphatic carbocycles. The van der Waals surface area contributed by atoms with Gasteiger partial charge < -0.3 is 20.6 Å². The molecule has 0 atom stereocenters. The molecule has 2 aromatic heterocycles. The van der Waals surface area contributed by atoms with Crippen LogP contribution in [0.15, 0.2) is 16.7 Å². The van der Waals surface area contributed by atoms with Crippen molar-refractivity contribution in [1.29, 1.82) is 0 Å². The van der Waals surface area contributed by atoms with Gasteiger partial charge in [0.2, 0.25) is 5.89 Å². The maximum absolute atomic E-state index is 11.7. The van der Waals surface area contributed by atoms with Crippen LogP contribution in [0.4, 0.5) is 0 Å². The minimum atomic E-state index is -0.624. The average molecular weight is 249 g/mol. The van der Waals surface area contributed by atoms with Crippen LogP contribution < -0.4 is 11.1 Å². The van der Waals surface area contributed by atoms with Crippen molar-refractivity contribution in [3.8, 4) is 0 Å². The SMILES string of the molecule is Cc1noc(CNC(=O)c2ccc(C(N)=O)[nH]2)n1. The molecule has 0 saturated carbocycles. The summed E-state index contributed by atoms with van der Waals surface area (Å²) in [5, 5.41) is 6.15. The van der Waals surface area contributed by atoms with E-state index in [0.29, 0.717) is 11.7 Å². The number of amides is 2. The molecule has 2 rings (SSSR count). The van der Waals surface area contributed by atoms with E-state index in [1.807, 2.05) is 0 Å². The minimum Gasteiger partial charge on any atom is -0.364 e. The molecule has 0 aliphatic heterocycles. The molecule has 0 unspecified atom stereocenters. The first-order valence-electron chi connectivity index (χ1n) is 5.12. The fourth-order valence-electron chi connectivity index (χ4n) is 1.33. The summed E-state index contributed by atoms with van der Waals surface area (Å²) in [6, 6.07) is 2.91. The zero-order valence-corrected chi connectivity index (χ0v) is 9.56. The largest absolute Gasteiger partial charge is 0.364 e. The lowest BCUT2D eigenvalue weighted by molar-refractivity contribution is 0.0942. The summed E-state index contributed by atoms with van der Waals surface area (Å²) in [5.74, 6) is -0.211. The Hall–Kier alpha value is -2.64. The number of carbonyl (C=O) groups is 2. The Kier molecular flexibility index (Phi) is 3.09. The van der Waals surface area contributed by atoms with Gasteiger partial charge in [0, 0.05) is 0 Å². The van der Waals surface area contributed by atoms with E-state index in [4.69, 9.17) is 10.3 Å². The molecule has 0 bridgehead atoms. The summed E-state index contributed by atoms with van der Waals surface area (Å²) in [5.41, 5.74) is 5.47. The van der Waals surface area contributed by atoms with Gasteiger partial charge in [-0.05, 0) is 19.1 Å². The van der Waals surface area contributed by atoms with Gasteiger partial charge in [0.05, 0.1) is 6.54 Å². The van der Waals surface area contributed by atoms with Gasteiger partial charge in [0.1, 0.15) is 11.4 Å². The molecular formula is C10H11N5O3. The van der Waals surface area contributed by atoms with E-state index >= 15 is 0 Å². The van der Waals surface area contributed by atoms with Crippen molar-refractivity contribution in [1.82, 2.24) is 20.4 Å². The molecule has 2 aromatic rings.